The Morgan fingerprint density at radius 1 is 0.885 bits per heavy atom. The van der Waals surface area contributed by atoms with Crippen molar-refractivity contribution in [2.75, 3.05) is 13.1 Å². The van der Waals surface area contributed by atoms with Crippen LogP contribution in [0.3, 0.4) is 0 Å². The van der Waals surface area contributed by atoms with Gasteiger partial charge in [-0.1, -0.05) is 0 Å². The molecule has 2 rings (SSSR count). The Bertz CT molecular complexity index is 724. The molecular formula is C16H22N6O4. The lowest BCUT2D eigenvalue weighted by atomic mass is 10.2. The average molecular weight is 362 g/mol. The van der Waals surface area contributed by atoms with E-state index >= 15 is 0 Å². The van der Waals surface area contributed by atoms with Gasteiger partial charge in [-0.05, 0) is 24.3 Å². The van der Waals surface area contributed by atoms with Crippen molar-refractivity contribution in [1.82, 2.24) is 20.6 Å². The number of carboxylic acids is 2. The summed E-state index contributed by atoms with van der Waals surface area (Å²) < 4.78 is 0. The normalized spacial score (nSPS) is 13.5. The molecule has 26 heavy (non-hydrogen) atoms. The fourth-order valence-electron chi connectivity index (χ4n) is 2.16. The van der Waals surface area contributed by atoms with Gasteiger partial charge >= 0.3 is 11.9 Å². The quantitative estimate of drug-likeness (QED) is 0.295. The fraction of sp³-hybridized carbons (Fsp3) is 0.375. The first kappa shape index (κ1) is 19.7. The summed E-state index contributed by atoms with van der Waals surface area (Å²) in [6, 6.07) is 5.47. The molecule has 0 amide bonds. The Morgan fingerprint density at radius 2 is 1.31 bits per heavy atom. The minimum absolute atomic E-state index is 0.135. The number of hydrogen-bond donors (Lipinski definition) is 6. The number of fused-ring (bicyclic) bond motifs is 1. The molecule has 2 atom stereocenters. The first-order chi connectivity index (χ1) is 12.4. The number of pyridine rings is 2. The molecule has 10 heteroatoms. The molecule has 0 aliphatic heterocycles. The van der Waals surface area contributed by atoms with Crippen molar-refractivity contribution < 1.29 is 19.8 Å². The number of rotatable bonds is 10. The van der Waals surface area contributed by atoms with Gasteiger partial charge in [-0.25, -0.2) is 9.97 Å². The number of aromatic nitrogens is 2. The number of hydrogen-bond acceptors (Lipinski definition) is 8. The van der Waals surface area contributed by atoms with Crippen molar-refractivity contribution in [2.45, 2.75) is 25.2 Å². The van der Waals surface area contributed by atoms with Gasteiger partial charge in [0.05, 0.1) is 11.4 Å². The molecule has 10 nitrogen and oxygen atoms in total. The van der Waals surface area contributed by atoms with E-state index in [0.717, 1.165) is 5.39 Å². The van der Waals surface area contributed by atoms with Crippen LogP contribution in [0.15, 0.2) is 24.3 Å². The van der Waals surface area contributed by atoms with Crippen LogP contribution >= 0.6 is 0 Å². The summed E-state index contributed by atoms with van der Waals surface area (Å²) in [6.45, 7) is 1.01. The Kier molecular flexibility index (Phi) is 6.92. The Balaban J connectivity index is 1.96. The molecule has 2 unspecified atom stereocenters. The van der Waals surface area contributed by atoms with Crippen LogP contribution in [0, 0.1) is 0 Å². The fourth-order valence-corrected chi connectivity index (χ4v) is 2.16. The lowest BCUT2D eigenvalue weighted by Gasteiger charge is -2.10. The number of aliphatic carboxylic acids is 2. The molecule has 0 radical (unpaired) electrons. The largest absolute Gasteiger partial charge is 0.480 e. The molecule has 0 bridgehead atoms. The van der Waals surface area contributed by atoms with Crippen LogP contribution in [0.1, 0.15) is 11.4 Å². The molecule has 0 aromatic carbocycles. The summed E-state index contributed by atoms with van der Waals surface area (Å²) in [4.78, 5) is 30.2. The van der Waals surface area contributed by atoms with E-state index in [2.05, 4.69) is 20.6 Å². The lowest BCUT2D eigenvalue weighted by Crippen LogP contribution is -2.40. The summed E-state index contributed by atoms with van der Waals surface area (Å²) in [6.07, 6.45) is 0. The van der Waals surface area contributed by atoms with E-state index in [9.17, 15) is 9.59 Å². The highest BCUT2D eigenvalue weighted by atomic mass is 16.4. The van der Waals surface area contributed by atoms with Crippen molar-refractivity contribution in [1.29, 1.82) is 0 Å². The molecular weight excluding hydrogens is 340 g/mol. The number of carboxylic acid groups (broad SMARTS) is 2. The minimum Gasteiger partial charge on any atom is -0.480 e. The SMILES string of the molecule is NC(CNCc1ccc2ccc(CNCC(N)C(=O)O)nc2n1)C(=O)O. The van der Waals surface area contributed by atoms with Crippen molar-refractivity contribution in [3.63, 3.8) is 0 Å². The zero-order valence-corrected chi connectivity index (χ0v) is 14.1. The van der Waals surface area contributed by atoms with Crippen LogP contribution in [0.4, 0.5) is 0 Å². The highest BCUT2D eigenvalue weighted by Crippen LogP contribution is 2.11. The van der Waals surface area contributed by atoms with Gasteiger partial charge in [-0.2, -0.15) is 0 Å². The maximum absolute atomic E-state index is 10.7. The highest BCUT2D eigenvalue weighted by Gasteiger charge is 2.11. The number of nitrogens with two attached hydrogens (primary N) is 2. The Hall–Kier alpha value is -2.66. The first-order valence-electron chi connectivity index (χ1n) is 8.00. The molecule has 0 saturated carbocycles. The van der Waals surface area contributed by atoms with Crippen molar-refractivity contribution in [3.8, 4) is 0 Å². The third-order valence-electron chi connectivity index (χ3n) is 3.64. The van der Waals surface area contributed by atoms with Crippen LogP contribution in [0.2, 0.25) is 0 Å². The van der Waals surface area contributed by atoms with Crippen molar-refractivity contribution >= 4 is 23.0 Å². The number of carbonyl (C=O) groups is 2. The first-order valence-corrected chi connectivity index (χ1v) is 8.00. The van der Waals surface area contributed by atoms with Gasteiger partial charge in [0.2, 0.25) is 0 Å². The highest BCUT2D eigenvalue weighted by molar-refractivity contribution is 5.75. The average Bonchev–Trinajstić information content (AvgIpc) is 2.61. The molecule has 0 spiro atoms. The molecule has 0 aliphatic rings. The Morgan fingerprint density at radius 3 is 1.69 bits per heavy atom. The van der Waals surface area contributed by atoms with Crippen molar-refractivity contribution in [2.24, 2.45) is 11.5 Å². The van der Waals surface area contributed by atoms with Crippen LogP contribution in [-0.2, 0) is 22.7 Å². The zero-order valence-electron chi connectivity index (χ0n) is 14.1. The van der Waals surface area contributed by atoms with Crippen molar-refractivity contribution in [3.05, 3.63) is 35.7 Å². The predicted molar refractivity (Wildman–Crippen MR) is 94.2 cm³/mol. The van der Waals surface area contributed by atoms with Gasteiger partial charge in [-0.3, -0.25) is 9.59 Å². The Labute approximate surface area is 149 Å². The maximum atomic E-state index is 10.7. The third-order valence-corrected chi connectivity index (χ3v) is 3.64. The summed E-state index contributed by atoms with van der Waals surface area (Å²) in [7, 11) is 0. The monoisotopic (exact) mass is 362 g/mol. The van der Waals surface area contributed by atoms with E-state index in [1.807, 2.05) is 24.3 Å². The summed E-state index contributed by atoms with van der Waals surface area (Å²) in [5, 5.41) is 24.2. The standard InChI is InChI=1S/C16H22N6O4/c17-12(15(23)24)7-19-5-10-3-1-9-2-4-11(22-14(9)21-10)6-20-8-13(18)16(25)26/h1-4,12-13,19-20H,5-8,17-18H2,(H,23,24)(H,25,26). The van der Waals surface area contributed by atoms with E-state index in [1.165, 1.54) is 0 Å². The molecule has 0 saturated heterocycles. The molecule has 8 N–H and O–H groups in total. The molecule has 2 heterocycles. The van der Waals surface area contributed by atoms with Gasteiger partial charge in [0.1, 0.15) is 12.1 Å². The molecule has 2 aromatic rings. The maximum Gasteiger partial charge on any atom is 0.321 e. The van der Waals surface area contributed by atoms with E-state index in [-0.39, 0.29) is 13.1 Å². The van der Waals surface area contributed by atoms with Crippen LogP contribution < -0.4 is 22.1 Å². The summed E-state index contributed by atoms with van der Waals surface area (Å²) in [5.41, 5.74) is 12.8. The van der Waals surface area contributed by atoms with E-state index in [1.54, 1.807) is 0 Å². The van der Waals surface area contributed by atoms with Crippen LogP contribution in [0.25, 0.3) is 11.0 Å². The predicted octanol–water partition coefficient (Wildman–Crippen LogP) is -1.37. The van der Waals surface area contributed by atoms with Crippen LogP contribution in [0.5, 0.6) is 0 Å². The second kappa shape index (κ2) is 9.15. The van der Waals surface area contributed by atoms with Crippen LogP contribution in [-0.4, -0.2) is 57.3 Å². The van der Waals surface area contributed by atoms with Gasteiger partial charge in [0.15, 0.2) is 5.65 Å². The number of nitrogens with one attached hydrogen (secondary N) is 2. The number of nitrogens with zero attached hydrogens (tertiary/aromatic N) is 2. The molecule has 2 aromatic heterocycles. The second-order valence-electron chi connectivity index (χ2n) is 5.80. The minimum atomic E-state index is -1.06. The lowest BCUT2D eigenvalue weighted by molar-refractivity contribution is -0.139. The van der Waals surface area contributed by atoms with E-state index in [4.69, 9.17) is 21.7 Å². The van der Waals surface area contributed by atoms with Gasteiger partial charge in [-0.15, -0.1) is 0 Å². The van der Waals surface area contributed by atoms with E-state index < -0.39 is 24.0 Å². The van der Waals surface area contributed by atoms with E-state index in [0.29, 0.717) is 30.1 Å². The molecule has 140 valence electrons. The summed E-state index contributed by atoms with van der Waals surface area (Å²) >= 11 is 0. The third kappa shape index (κ3) is 5.70. The van der Waals surface area contributed by atoms with Gasteiger partial charge < -0.3 is 32.3 Å². The molecule has 0 aliphatic carbocycles. The summed E-state index contributed by atoms with van der Waals surface area (Å²) in [5.74, 6) is -2.13. The molecule has 0 fully saturated rings. The smallest absolute Gasteiger partial charge is 0.321 e. The van der Waals surface area contributed by atoms with Gasteiger partial charge in [0.25, 0.3) is 0 Å². The topological polar surface area (TPSA) is 176 Å². The second-order valence-corrected chi connectivity index (χ2v) is 5.80. The zero-order chi connectivity index (χ0) is 19.1. The van der Waals surface area contributed by atoms with Gasteiger partial charge in [0, 0.05) is 31.6 Å².